The third-order valence-corrected chi connectivity index (χ3v) is 4.04. The second-order valence-corrected chi connectivity index (χ2v) is 5.90. The van der Waals surface area contributed by atoms with Gasteiger partial charge in [0, 0.05) is 32.7 Å². The van der Waals surface area contributed by atoms with Gasteiger partial charge in [-0.05, 0) is 37.9 Å². The Morgan fingerprint density at radius 2 is 2.05 bits per heavy atom. The van der Waals surface area contributed by atoms with Crippen molar-refractivity contribution >= 4 is 5.91 Å². The summed E-state index contributed by atoms with van der Waals surface area (Å²) in [4.78, 5) is 14.4. The van der Waals surface area contributed by atoms with Crippen LogP contribution >= 0.6 is 0 Å². The molecule has 0 atom stereocenters. The molecular weight excluding hydrogens is 262 g/mol. The maximum absolute atomic E-state index is 12.0. The van der Waals surface area contributed by atoms with E-state index in [1.807, 2.05) is 0 Å². The van der Waals surface area contributed by atoms with Gasteiger partial charge in [-0.1, -0.05) is 23.8 Å². The average Bonchev–Trinajstić information content (AvgIpc) is 2.48. The van der Waals surface area contributed by atoms with Crippen LogP contribution in [-0.2, 0) is 11.2 Å². The molecule has 0 saturated carbocycles. The van der Waals surface area contributed by atoms with Gasteiger partial charge < -0.3 is 15.5 Å². The molecule has 1 aliphatic rings. The van der Waals surface area contributed by atoms with Gasteiger partial charge in [0.15, 0.2) is 0 Å². The van der Waals surface area contributed by atoms with E-state index in [4.69, 9.17) is 0 Å². The molecule has 1 fully saturated rings. The first kappa shape index (κ1) is 16.0. The second-order valence-electron chi connectivity index (χ2n) is 5.90. The molecule has 21 heavy (non-hydrogen) atoms. The summed E-state index contributed by atoms with van der Waals surface area (Å²) in [5, 5.41) is 6.39. The summed E-state index contributed by atoms with van der Waals surface area (Å²) in [7, 11) is 0. The van der Waals surface area contributed by atoms with Crippen LogP contribution in [0.15, 0.2) is 18.2 Å². The molecule has 1 amide bonds. The molecule has 1 aliphatic heterocycles. The summed E-state index contributed by atoms with van der Waals surface area (Å²) in [6.45, 7) is 10.4. The van der Waals surface area contributed by atoms with Crippen LogP contribution < -0.4 is 10.6 Å². The van der Waals surface area contributed by atoms with Crippen molar-refractivity contribution in [3.63, 3.8) is 0 Å². The van der Waals surface area contributed by atoms with E-state index in [1.54, 1.807) is 0 Å². The number of amides is 1. The number of nitrogens with zero attached hydrogens (tertiary/aromatic N) is 1. The standard InChI is InChI=1S/C17H27N3O/c1-14-4-5-15(2)16(12-14)13-17(21)19-6-3-9-20-10-7-18-8-11-20/h4-5,12,18H,3,6-11,13H2,1-2H3,(H,19,21). The predicted molar refractivity (Wildman–Crippen MR) is 86.6 cm³/mol. The van der Waals surface area contributed by atoms with Crippen molar-refractivity contribution in [1.82, 2.24) is 15.5 Å². The van der Waals surface area contributed by atoms with E-state index in [0.717, 1.165) is 51.3 Å². The van der Waals surface area contributed by atoms with Crippen molar-refractivity contribution in [3.05, 3.63) is 34.9 Å². The van der Waals surface area contributed by atoms with Crippen LogP contribution in [-0.4, -0.2) is 50.1 Å². The highest BCUT2D eigenvalue weighted by atomic mass is 16.1. The van der Waals surface area contributed by atoms with Crippen molar-refractivity contribution in [1.29, 1.82) is 0 Å². The van der Waals surface area contributed by atoms with Gasteiger partial charge >= 0.3 is 0 Å². The molecule has 2 N–H and O–H groups in total. The van der Waals surface area contributed by atoms with Gasteiger partial charge in [-0.2, -0.15) is 0 Å². The zero-order valence-corrected chi connectivity index (χ0v) is 13.2. The fraction of sp³-hybridized carbons (Fsp3) is 0.588. The van der Waals surface area contributed by atoms with Gasteiger partial charge in [0.25, 0.3) is 0 Å². The first-order valence-electron chi connectivity index (χ1n) is 7.91. The van der Waals surface area contributed by atoms with E-state index in [0.29, 0.717) is 6.42 Å². The number of benzene rings is 1. The maximum atomic E-state index is 12.0. The third kappa shape index (κ3) is 5.48. The lowest BCUT2D eigenvalue weighted by Crippen LogP contribution is -2.44. The SMILES string of the molecule is Cc1ccc(C)c(CC(=O)NCCCN2CCNCC2)c1. The van der Waals surface area contributed by atoms with Crippen LogP contribution in [0.2, 0.25) is 0 Å². The quantitative estimate of drug-likeness (QED) is 0.775. The lowest BCUT2D eigenvalue weighted by Gasteiger charge is -2.27. The summed E-state index contributed by atoms with van der Waals surface area (Å²) in [5.41, 5.74) is 3.54. The van der Waals surface area contributed by atoms with Gasteiger partial charge in [0.2, 0.25) is 5.91 Å². The number of hydrogen-bond donors (Lipinski definition) is 2. The summed E-state index contributed by atoms with van der Waals surface area (Å²) >= 11 is 0. The minimum atomic E-state index is 0.129. The Morgan fingerprint density at radius 3 is 2.81 bits per heavy atom. The summed E-state index contributed by atoms with van der Waals surface area (Å²) in [5.74, 6) is 0.129. The van der Waals surface area contributed by atoms with Crippen LogP contribution in [0, 0.1) is 13.8 Å². The minimum Gasteiger partial charge on any atom is -0.356 e. The van der Waals surface area contributed by atoms with Crippen LogP contribution in [0.5, 0.6) is 0 Å². The molecule has 0 radical (unpaired) electrons. The number of hydrogen-bond acceptors (Lipinski definition) is 3. The highest BCUT2D eigenvalue weighted by molar-refractivity contribution is 5.78. The summed E-state index contributed by atoms with van der Waals surface area (Å²) in [6.07, 6.45) is 1.51. The Labute approximate surface area is 127 Å². The van der Waals surface area contributed by atoms with E-state index >= 15 is 0 Å². The molecule has 4 nitrogen and oxygen atoms in total. The smallest absolute Gasteiger partial charge is 0.224 e. The molecule has 0 aromatic heterocycles. The van der Waals surface area contributed by atoms with Gasteiger partial charge in [-0.25, -0.2) is 0 Å². The highest BCUT2D eigenvalue weighted by Crippen LogP contribution is 2.11. The van der Waals surface area contributed by atoms with Crippen LogP contribution in [0.25, 0.3) is 0 Å². The molecule has 0 unspecified atom stereocenters. The number of piperazine rings is 1. The summed E-state index contributed by atoms with van der Waals surface area (Å²) < 4.78 is 0. The molecule has 1 aromatic carbocycles. The molecule has 1 saturated heterocycles. The lowest BCUT2D eigenvalue weighted by atomic mass is 10.0. The first-order valence-corrected chi connectivity index (χ1v) is 7.91. The first-order chi connectivity index (χ1) is 10.1. The number of rotatable bonds is 6. The second kappa shape index (κ2) is 8.15. The van der Waals surface area contributed by atoms with E-state index in [1.165, 1.54) is 11.1 Å². The highest BCUT2D eigenvalue weighted by Gasteiger charge is 2.09. The van der Waals surface area contributed by atoms with E-state index in [9.17, 15) is 4.79 Å². The van der Waals surface area contributed by atoms with Crippen molar-refractivity contribution in [2.24, 2.45) is 0 Å². The molecule has 1 aromatic rings. The van der Waals surface area contributed by atoms with Crippen molar-refractivity contribution < 1.29 is 4.79 Å². The van der Waals surface area contributed by atoms with Crippen LogP contribution in [0.1, 0.15) is 23.1 Å². The van der Waals surface area contributed by atoms with E-state index < -0.39 is 0 Å². The van der Waals surface area contributed by atoms with Gasteiger partial charge in [-0.15, -0.1) is 0 Å². The molecule has 0 bridgehead atoms. The lowest BCUT2D eigenvalue weighted by molar-refractivity contribution is -0.120. The fourth-order valence-electron chi connectivity index (χ4n) is 2.69. The molecule has 4 heteroatoms. The Hall–Kier alpha value is -1.39. The Kier molecular flexibility index (Phi) is 6.21. The molecule has 2 rings (SSSR count). The molecule has 0 aliphatic carbocycles. The monoisotopic (exact) mass is 289 g/mol. The fourth-order valence-corrected chi connectivity index (χ4v) is 2.69. The molecule has 116 valence electrons. The average molecular weight is 289 g/mol. The van der Waals surface area contributed by atoms with Gasteiger partial charge in [0.05, 0.1) is 6.42 Å². The van der Waals surface area contributed by atoms with Crippen LogP contribution in [0.4, 0.5) is 0 Å². The van der Waals surface area contributed by atoms with Crippen molar-refractivity contribution in [2.45, 2.75) is 26.7 Å². The van der Waals surface area contributed by atoms with Crippen molar-refractivity contribution in [3.8, 4) is 0 Å². The zero-order chi connectivity index (χ0) is 15.1. The summed E-state index contributed by atoms with van der Waals surface area (Å²) in [6, 6.07) is 6.28. The zero-order valence-electron chi connectivity index (χ0n) is 13.2. The van der Waals surface area contributed by atoms with Crippen molar-refractivity contribution in [2.75, 3.05) is 39.3 Å². The Balaban J connectivity index is 1.66. The largest absolute Gasteiger partial charge is 0.356 e. The van der Waals surface area contributed by atoms with Gasteiger partial charge in [0.1, 0.15) is 0 Å². The third-order valence-electron chi connectivity index (χ3n) is 4.04. The molecular formula is C17H27N3O. The maximum Gasteiger partial charge on any atom is 0.224 e. The number of aryl methyl sites for hydroxylation is 2. The van der Waals surface area contributed by atoms with Gasteiger partial charge in [-0.3, -0.25) is 4.79 Å². The molecule has 0 spiro atoms. The van der Waals surface area contributed by atoms with E-state index in [2.05, 4.69) is 47.6 Å². The topological polar surface area (TPSA) is 44.4 Å². The number of carbonyl (C=O) groups excluding carboxylic acids is 1. The predicted octanol–water partition coefficient (Wildman–Crippen LogP) is 1.26. The number of carbonyl (C=O) groups is 1. The Morgan fingerprint density at radius 1 is 1.29 bits per heavy atom. The number of nitrogens with one attached hydrogen (secondary N) is 2. The normalized spacial score (nSPS) is 15.9. The molecule has 1 heterocycles. The Bertz CT molecular complexity index is 467. The minimum absolute atomic E-state index is 0.129. The van der Waals surface area contributed by atoms with Crippen LogP contribution in [0.3, 0.4) is 0 Å². The van der Waals surface area contributed by atoms with E-state index in [-0.39, 0.29) is 5.91 Å².